The van der Waals surface area contributed by atoms with Crippen molar-refractivity contribution in [2.45, 2.75) is 52.4 Å². The minimum atomic E-state index is -0.473. The minimum absolute atomic E-state index is 0.0654. The fourth-order valence-electron chi connectivity index (χ4n) is 3.83. The Bertz CT molecular complexity index is 838. The molecular formula is C22H26FNO3S. The van der Waals surface area contributed by atoms with E-state index in [0.29, 0.717) is 28.5 Å². The molecule has 0 aliphatic heterocycles. The lowest BCUT2D eigenvalue weighted by Gasteiger charge is -2.20. The first kappa shape index (κ1) is 20.5. The first-order valence-corrected chi connectivity index (χ1v) is 10.7. The Kier molecular flexibility index (Phi) is 6.83. The van der Waals surface area contributed by atoms with Gasteiger partial charge in [-0.2, -0.15) is 0 Å². The second-order valence-electron chi connectivity index (χ2n) is 7.22. The third-order valence-corrected chi connectivity index (χ3v) is 6.17. The molecule has 2 aromatic rings. The number of carbonyl (C=O) groups excluding carboxylic acids is 2. The molecule has 4 nitrogen and oxygen atoms in total. The zero-order chi connectivity index (χ0) is 20.1. The van der Waals surface area contributed by atoms with Crippen LogP contribution in [0.1, 0.15) is 60.7 Å². The van der Waals surface area contributed by atoms with Gasteiger partial charge in [0, 0.05) is 16.9 Å². The van der Waals surface area contributed by atoms with E-state index in [4.69, 9.17) is 4.74 Å². The quantitative estimate of drug-likeness (QED) is 0.607. The molecule has 0 radical (unpaired) electrons. The van der Waals surface area contributed by atoms with E-state index in [-0.39, 0.29) is 18.3 Å². The SMILES string of the molecule is CCOC(=O)c1c(NC(=O)CC2CCCCC2)sc(C)c1-c1ccc(F)cc1. The van der Waals surface area contributed by atoms with Crippen LogP contribution in [0.25, 0.3) is 11.1 Å². The van der Waals surface area contributed by atoms with Gasteiger partial charge in [-0.1, -0.05) is 31.4 Å². The van der Waals surface area contributed by atoms with Gasteiger partial charge in [0.25, 0.3) is 0 Å². The Balaban J connectivity index is 1.89. The van der Waals surface area contributed by atoms with Crippen LogP contribution < -0.4 is 5.32 Å². The zero-order valence-electron chi connectivity index (χ0n) is 16.3. The van der Waals surface area contributed by atoms with Crippen molar-refractivity contribution in [3.8, 4) is 11.1 Å². The maximum atomic E-state index is 13.3. The third kappa shape index (κ3) is 4.79. The van der Waals surface area contributed by atoms with Crippen molar-refractivity contribution in [3.05, 3.63) is 40.5 Å². The van der Waals surface area contributed by atoms with Crippen LogP contribution in [0.2, 0.25) is 0 Å². The maximum absolute atomic E-state index is 13.3. The standard InChI is InChI=1S/C22H26FNO3S/c1-3-27-22(26)20-19(16-9-11-17(23)12-10-16)14(2)28-21(20)24-18(25)13-15-7-5-4-6-8-15/h9-12,15H,3-8,13H2,1-2H3,(H,24,25). The van der Waals surface area contributed by atoms with E-state index in [1.54, 1.807) is 19.1 Å². The molecule has 1 aliphatic rings. The summed E-state index contributed by atoms with van der Waals surface area (Å²) in [7, 11) is 0. The van der Waals surface area contributed by atoms with Crippen LogP contribution in [0.4, 0.5) is 9.39 Å². The predicted molar refractivity (Wildman–Crippen MR) is 110 cm³/mol. The van der Waals surface area contributed by atoms with Gasteiger partial charge >= 0.3 is 5.97 Å². The number of anilines is 1. The highest BCUT2D eigenvalue weighted by atomic mass is 32.1. The van der Waals surface area contributed by atoms with Crippen molar-refractivity contribution in [1.82, 2.24) is 0 Å². The minimum Gasteiger partial charge on any atom is -0.462 e. The van der Waals surface area contributed by atoms with E-state index >= 15 is 0 Å². The van der Waals surface area contributed by atoms with Gasteiger partial charge in [-0.05, 0) is 50.3 Å². The number of aryl methyl sites for hydroxylation is 1. The number of carbonyl (C=O) groups is 2. The molecule has 6 heteroatoms. The lowest BCUT2D eigenvalue weighted by Crippen LogP contribution is -2.19. The zero-order valence-corrected chi connectivity index (χ0v) is 17.2. The molecule has 1 aromatic heterocycles. The summed E-state index contributed by atoms with van der Waals surface area (Å²) in [6.45, 7) is 3.88. The predicted octanol–water partition coefficient (Wildman–Crippen LogP) is 5.95. The van der Waals surface area contributed by atoms with E-state index in [1.807, 2.05) is 6.92 Å². The van der Waals surface area contributed by atoms with Crippen molar-refractivity contribution in [2.24, 2.45) is 5.92 Å². The fourth-order valence-corrected chi connectivity index (χ4v) is 4.91. The van der Waals surface area contributed by atoms with Gasteiger partial charge < -0.3 is 10.1 Å². The Morgan fingerprint density at radius 3 is 2.50 bits per heavy atom. The van der Waals surface area contributed by atoms with Crippen molar-refractivity contribution < 1.29 is 18.7 Å². The lowest BCUT2D eigenvalue weighted by molar-refractivity contribution is -0.117. The molecule has 1 aliphatic carbocycles. The molecule has 1 aromatic carbocycles. The number of hydrogen-bond acceptors (Lipinski definition) is 4. The molecule has 1 heterocycles. The summed E-state index contributed by atoms with van der Waals surface area (Å²) in [5.41, 5.74) is 1.77. The summed E-state index contributed by atoms with van der Waals surface area (Å²) < 4.78 is 18.6. The number of ether oxygens (including phenoxy) is 1. The third-order valence-electron chi connectivity index (χ3n) is 5.15. The van der Waals surface area contributed by atoms with Gasteiger partial charge in [0.15, 0.2) is 0 Å². The molecule has 0 unspecified atom stereocenters. The van der Waals surface area contributed by atoms with E-state index in [0.717, 1.165) is 23.3 Å². The molecule has 28 heavy (non-hydrogen) atoms. The Morgan fingerprint density at radius 1 is 1.18 bits per heavy atom. The van der Waals surface area contributed by atoms with Crippen molar-refractivity contribution in [3.63, 3.8) is 0 Å². The largest absolute Gasteiger partial charge is 0.462 e. The highest BCUT2D eigenvalue weighted by molar-refractivity contribution is 7.17. The van der Waals surface area contributed by atoms with E-state index in [9.17, 15) is 14.0 Å². The molecule has 3 rings (SSSR count). The van der Waals surface area contributed by atoms with Crippen LogP contribution in [-0.4, -0.2) is 18.5 Å². The van der Waals surface area contributed by atoms with Crippen LogP contribution >= 0.6 is 11.3 Å². The number of thiophene rings is 1. The smallest absolute Gasteiger partial charge is 0.341 e. The molecule has 1 N–H and O–H groups in total. The Labute approximate surface area is 169 Å². The number of hydrogen-bond donors (Lipinski definition) is 1. The van der Waals surface area contributed by atoms with Gasteiger partial charge in [-0.25, -0.2) is 9.18 Å². The number of nitrogens with one attached hydrogen (secondary N) is 1. The summed E-state index contributed by atoms with van der Waals surface area (Å²) in [4.78, 5) is 26.2. The van der Waals surface area contributed by atoms with Crippen molar-refractivity contribution in [2.75, 3.05) is 11.9 Å². The highest BCUT2D eigenvalue weighted by Gasteiger charge is 2.26. The molecular weight excluding hydrogens is 377 g/mol. The van der Waals surface area contributed by atoms with Crippen molar-refractivity contribution in [1.29, 1.82) is 0 Å². The van der Waals surface area contributed by atoms with Gasteiger partial charge in [0.1, 0.15) is 16.4 Å². The molecule has 0 atom stereocenters. The molecule has 1 saturated carbocycles. The molecule has 150 valence electrons. The molecule has 0 saturated heterocycles. The summed E-state index contributed by atoms with van der Waals surface area (Å²) in [6, 6.07) is 6.01. The van der Waals surface area contributed by atoms with Crippen LogP contribution in [0, 0.1) is 18.7 Å². The van der Waals surface area contributed by atoms with E-state index < -0.39 is 5.97 Å². The molecule has 0 spiro atoms. The Hall–Kier alpha value is -2.21. The second kappa shape index (κ2) is 9.32. The van der Waals surface area contributed by atoms with Crippen LogP contribution in [0.3, 0.4) is 0 Å². The number of halogens is 1. The summed E-state index contributed by atoms with van der Waals surface area (Å²) in [5, 5.41) is 3.45. The molecule has 0 bridgehead atoms. The first-order chi connectivity index (χ1) is 13.5. The summed E-state index contributed by atoms with van der Waals surface area (Å²) >= 11 is 1.36. The number of amides is 1. The van der Waals surface area contributed by atoms with Crippen LogP contribution in [0.15, 0.2) is 24.3 Å². The van der Waals surface area contributed by atoms with Gasteiger partial charge in [0.2, 0.25) is 5.91 Å². The number of rotatable bonds is 6. The monoisotopic (exact) mass is 403 g/mol. The first-order valence-electron chi connectivity index (χ1n) is 9.86. The molecule has 1 amide bonds. The van der Waals surface area contributed by atoms with Crippen LogP contribution in [0.5, 0.6) is 0 Å². The average molecular weight is 404 g/mol. The second-order valence-corrected chi connectivity index (χ2v) is 8.45. The molecule has 1 fully saturated rings. The van der Waals surface area contributed by atoms with Gasteiger partial charge in [-0.15, -0.1) is 11.3 Å². The normalized spacial score (nSPS) is 14.7. The maximum Gasteiger partial charge on any atom is 0.341 e. The summed E-state index contributed by atoms with van der Waals surface area (Å²) in [5.74, 6) is -0.462. The van der Waals surface area contributed by atoms with Crippen LogP contribution in [-0.2, 0) is 9.53 Å². The van der Waals surface area contributed by atoms with E-state index in [2.05, 4.69) is 5.32 Å². The average Bonchev–Trinajstić information content (AvgIpc) is 2.99. The Morgan fingerprint density at radius 2 is 1.86 bits per heavy atom. The topological polar surface area (TPSA) is 55.4 Å². The van der Waals surface area contributed by atoms with Gasteiger partial charge in [-0.3, -0.25) is 4.79 Å². The lowest BCUT2D eigenvalue weighted by atomic mass is 9.87. The fraction of sp³-hybridized carbons (Fsp3) is 0.455. The van der Waals surface area contributed by atoms with Crippen molar-refractivity contribution >= 4 is 28.2 Å². The summed E-state index contributed by atoms with van der Waals surface area (Å²) in [6.07, 6.45) is 6.25. The van der Waals surface area contributed by atoms with E-state index in [1.165, 1.54) is 42.7 Å². The number of esters is 1. The number of benzene rings is 1. The van der Waals surface area contributed by atoms with Gasteiger partial charge in [0.05, 0.1) is 6.61 Å². The highest BCUT2D eigenvalue weighted by Crippen LogP contribution is 2.40.